The molecule has 1 saturated heterocycles. The first-order valence-electron chi connectivity index (χ1n) is 13.3. The molecule has 2 saturated carbocycles. The van der Waals surface area contributed by atoms with Crippen molar-refractivity contribution in [1.82, 2.24) is 4.90 Å². The maximum atomic E-state index is 13.3. The van der Waals surface area contributed by atoms with Crippen LogP contribution in [0.3, 0.4) is 0 Å². The van der Waals surface area contributed by atoms with E-state index in [1.807, 2.05) is 12.1 Å². The Kier molecular flexibility index (Phi) is 7.45. The molecule has 1 aromatic carbocycles. The normalized spacial score (nSPS) is 34.3. The zero-order valence-corrected chi connectivity index (χ0v) is 21.5. The van der Waals surface area contributed by atoms with Crippen LogP contribution in [0.1, 0.15) is 84.1 Å². The molecule has 35 heavy (non-hydrogen) atoms. The fraction of sp³-hybridized carbons (Fsp3) is 0.690. The van der Waals surface area contributed by atoms with Crippen molar-refractivity contribution in [2.24, 2.45) is 23.2 Å². The minimum absolute atomic E-state index is 0.0734. The van der Waals surface area contributed by atoms with Crippen LogP contribution in [-0.4, -0.2) is 40.1 Å². The molecule has 6 nitrogen and oxygen atoms in total. The minimum Gasteiger partial charge on any atom is -0.508 e. The molecule has 2 bridgehead atoms. The highest BCUT2D eigenvalue weighted by molar-refractivity contribution is 5.78. The van der Waals surface area contributed by atoms with E-state index >= 15 is 0 Å². The molecule has 6 heteroatoms. The van der Waals surface area contributed by atoms with Gasteiger partial charge in [0, 0.05) is 19.4 Å². The lowest BCUT2D eigenvalue weighted by Crippen LogP contribution is -2.52. The van der Waals surface area contributed by atoms with Crippen molar-refractivity contribution >= 4 is 11.9 Å². The molecular weight excluding hydrogens is 440 g/mol. The number of fused-ring (bicyclic) bond motifs is 2. The maximum Gasteiger partial charge on any atom is 0.306 e. The number of carbonyl (C=O) groups is 2. The summed E-state index contributed by atoms with van der Waals surface area (Å²) in [5.41, 5.74) is 0.258. The second kappa shape index (κ2) is 10.2. The van der Waals surface area contributed by atoms with Gasteiger partial charge in [-0.3, -0.25) is 9.59 Å². The summed E-state index contributed by atoms with van der Waals surface area (Å²) in [5, 5.41) is 19.0. The van der Waals surface area contributed by atoms with Gasteiger partial charge in [-0.1, -0.05) is 39.3 Å². The Hall–Kier alpha value is -2.55. The molecule has 6 unspecified atom stereocenters. The Balaban J connectivity index is 1.45. The highest BCUT2D eigenvalue weighted by atomic mass is 16.6. The maximum absolute atomic E-state index is 13.3. The van der Waals surface area contributed by atoms with Crippen LogP contribution in [0, 0.1) is 34.5 Å². The SMILES string of the molecule is CCC1CC2CC(C)(CC(=O)N3CC(C)CC3C#N)CC(OC(=O)CCc3ccc(O)cc3)(C1)C2. The molecule has 0 spiro atoms. The van der Waals surface area contributed by atoms with Crippen LogP contribution >= 0.6 is 0 Å². The standard InChI is InChI=1S/C29H40N2O4/c1-4-21-12-23-13-28(3,16-26(33)31-18-20(2)11-24(31)17-30)19-29(14-21,15-23)35-27(34)10-7-22-5-8-25(32)9-6-22/h5-6,8-9,20-21,23-24,32H,4,7,10-16,18-19H2,1-3H3. The highest BCUT2D eigenvalue weighted by Gasteiger charge is 2.53. The molecule has 1 aliphatic heterocycles. The molecule has 2 aliphatic carbocycles. The number of nitriles is 1. The Morgan fingerprint density at radius 1 is 1.20 bits per heavy atom. The first kappa shape index (κ1) is 25.5. The molecule has 1 aromatic rings. The third kappa shape index (κ3) is 6.00. The van der Waals surface area contributed by atoms with Gasteiger partial charge in [-0.2, -0.15) is 5.26 Å². The lowest BCUT2D eigenvalue weighted by Gasteiger charge is -2.54. The topological polar surface area (TPSA) is 90.6 Å². The van der Waals surface area contributed by atoms with Crippen molar-refractivity contribution in [2.75, 3.05) is 6.54 Å². The molecular formula is C29H40N2O4. The average Bonchev–Trinajstić information content (AvgIpc) is 3.18. The summed E-state index contributed by atoms with van der Waals surface area (Å²) in [7, 11) is 0. The molecule has 0 aromatic heterocycles. The number of rotatable bonds is 7. The van der Waals surface area contributed by atoms with Gasteiger partial charge >= 0.3 is 5.97 Å². The number of aryl methyl sites for hydroxylation is 1. The van der Waals surface area contributed by atoms with Gasteiger partial charge in [0.1, 0.15) is 17.4 Å². The number of benzene rings is 1. The number of nitrogens with zero attached hydrogens (tertiary/aromatic N) is 2. The monoisotopic (exact) mass is 480 g/mol. The number of phenolic OH excluding ortho intramolecular Hbond substituents is 1. The van der Waals surface area contributed by atoms with Gasteiger partial charge in [-0.15, -0.1) is 0 Å². The van der Waals surface area contributed by atoms with Crippen LogP contribution in [-0.2, 0) is 20.7 Å². The van der Waals surface area contributed by atoms with Crippen LogP contribution in [0.2, 0.25) is 0 Å². The predicted octanol–water partition coefficient (Wildman–Crippen LogP) is 5.38. The largest absolute Gasteiger partial charge is 0.508 e. The van der Waals surface area contributed by atoms with Crippen molar-refractivity contribution < 1.29 is 19.4 Å². The van der Waals surface area contributed by atoms with E-state index in [0.717, 1.165) is 44.1 Å². The highest BCUT2D eigenvalue weighted by Crippen LogP contribution is 2.56. The summed E-state index contributed by atoms with van der Waals surface area (Å²) in [6.45, 7) is 7.16. The zero-order chi connectivity index (χ0) is 25.2. The van der Waals surface area contributed by atoms with E-state index in [4.69, 9.17) is 4.74 Å². The average molecular weight is 481 g/mol. The Labute approximate surface area is 209 Å². The molecule has 1 heterocycles. The van der Waals surface area contributed by atoms with Crippen molar-refractivity contribution in [1.29, 1.82) is 5.26 Å². The van der Waals surface area contributed by atoms with Gasteiger partial charge < -0.3 is 14.7 Å². The number of carbonyl (C=O) groups excluding carboxylic acids is 2. The van der Waals surface area contributed by atoms with E-state index in [9.17, 15) is 20.0 Å². The number of phenols is 1. The first-order valence-corrected chi connectivity index (χ1v) is 13.3. The van der Waals surface area contributed by atoms with Gasteiger partial charge in [0.2, 0.25) is 5.91 Å². The number of aromatic hydroxyl groups is 1. The van der Waals surface area contributed by atoms with Crippen LogP contribution in [0.15, 0.2) is 24.3 Å². The number of likely N-dealkylation sites (tertiary alicyclic amines) is 1. The summed E-state index contributed by atoms with van der Waals surface area (Å²) in [5.74, 6) is 1.46. The Morgan fingerprint density at radius 3 is 2.63 bits per heavy atom. The van der Waals surface area contributed by atoms with Gasteiger partial charge in [0.25, 0.3) is 0 Å². The Morgan fingerprint density at radius 2 is 1.94 bits per heavy atom. The van der Waals surface area contributed by atoms with E-state index in [0.29, 0.717) is 50.0 Å². The number of amides is 1. The van der Waals surface area contributed by atoms with Crippen LogP contribution in [0.4, 0.5) is 0 Å². The number of hydrogen-bond donors (Lipinski definition) is 1. The van der Waals surface area contributed by atoms with Gasteiger partial charge in [-0.05, 0) is 85.8 Å². The van der Waals surface area contributed by atoms with E-state index in [1.165, 1.54) is 0 Å². The minimum atomic E-state index is -0.504. The third-order valence-corrected chi connectivity index (χ3v) is 8.54. The van der Waals surface area contributed by atoms with Gasteiger partial charge in [0.15, 0.2) is 0 Å². The van der Waals surface area contributed by atoms with Crippen LogP contribution in [0.5, 0.6) is 5.75 Å². The lowest BCUT2D eigenvalue weighted by atomic mass is 9.56. The third-order valence-electron chi connectivity index (χ3n) is 8.54. The Bertz CT molecular complexity index is 970. The number of esters is 1. The summed E-state index contributed by atoms with van der Waals surface area (Å²) < 4.78 is 6.32. The molecule has 6 atom stereocenters. The number of ether oxygens (including phenoxy) is 1. The van der Waals surface area contributed by atoms with E-state index in [1.54, 1.807) is 17.0 Å². The second-order valence-electron chi connectivity index (χ2n) is 12.0. The van der Waals surface area contributed by atoms with E-state index in [-0.39, 0.29) is 29.1 Å². The van der Waals surface area contributed by atoms with Gasteiger partial charge in [0.05, 0.1) is 6.07 Å². The van der Waals surface area contributed by atoms with Gasteiger partial charge in [-0.25, -0.2) is 0 Å². The molecule has 1 amide bonds. The number of hydrogen-bond acceptors (Lipinski definition) is 5. The van der Waals surface area contributed by atoms with Crippen molar-refractivity contribution in [3.8, 4) is 11.8 Å². The first-order chi connectivity index (χ1) is 16.6. The van der Waals surface area contributed by atoms with E-state index in [2.05, 4.69) is 26.8 Å². The van der Waals surface area contributed by atoms with Crippen LogP contribution < -0.4 is 0 Å². The van der Waals surface area contributed by atoms with Crippen molar-refractivity contribution in [3.63, 3.8) is 0 Å². The van der Waals surface area contributed by atoms with Crippen molar-refractivity contribution in [3.05, 3.63) is 29.8 Å². The van der Waals surface area contributed by atoms with Crippen molar-refractivity contribution in [2.45, 2.75) is 96.6 Å². The summed E-state index contributed by atoms with van der Waals surface area (Å²) >= 11 is 0. The molecule has 190 valence electrons. The van der Waals surface area contributed by atoms with E-state index < -0.39 is 5.60 Å². The van der Waals surface area contributed by atoms with Crippen LogP contribution in [0.25, 0.3) is 0 Å². The lowest BCUT2D eigenvalue weighted by molar-refractivity contribution is -0.183. The molecule has 3 aliphatic rings. The fourth-order valence-corrected chi connectivity index (χ4v) is 7.30. The molecule has 3 fully saturated rings. The summed E-state index contributed by atoms with van der Waals surface area (Å²) in [4.78, 5) is 28.1. The smallest absolute Gasteiger partial charge is 0.306 e. The fourth-order valence-electron chi connectivity index (χ4n) is 7.30. The predicted molar refractivity (Wildman–Crippen MR) is 133 cm³/mol. The molecule has 1 N–H and O–H groups in total. The quantitative estimate of drug-likeness (QED) is 0.529. The second-order valence-corrected chi connectivity index (χ2v) is 12.0. The summed E-state index contributed by atoms with van der Waals surface area (Å²) in [6.07, 6.45) is 7.71. The summed E-state index contributed by atoms with van der Waals surface area (Å²) in [6, 6.07) is 8.94. The zero-order valence-electron chi connectivity index (χ0n) is 21.5. The molecule has 4 rings (SSSR count). The molecule has 0 radical (unpaired) electrons.